The maximum absolute atomic E-state index is 6.22. The molecule has 0 amide bonds. The van der Waals surface area contributed by atoms with Crippen LogP contribution in [0.1, 0.15) is 74.1 Å². The first-order valence-electron chi connectivity index (χ1n) is 14.1. The fourth-order valence-electron chi connectivity index (χ4n) is 6.49. The van der Waals surface area contributed by atoms with E-state index < -0.39 is 0 Å². The largest absolute Gasteiger partial charge is 0.488 e. The summed E-state index contributed by atoms with van der Waals surface area (Å²) in [7, 11) is 3.48. The van der Waals surface area contributed by atoms with Crippen molar-refractivity contribution in [3.05, 3.63) is 95.1 Å². The first kappa shape index (κ1) is 26.8. The molecule has 0 N–H and O–H groups in total. The fourth-order valence-corrected chi connectivity index (χ4v) is 6.49. The molecule has 202 valence electrons. The molecule has 0 aromatic heterocycles. The summed E-state index contributed by atoms with van der Waals surface area (Å²) in [6.07, 6.45) is 4.27. The quantitative estimate of drug-likeness (QED) is 0.305. The lowest BCUT2D eigenvalue weighted by molar-refractivity contribution is -0.141. The summed E-state index contributed by atoms with van der Waals surface area (Å²) in [4.78, 5) is 2.50. The highest BCUT2D eigenvalue weighted by molar-refractivity contribution is 5.52. The van der Waals surface area contributed by atoms with Gasteiger partial charge in [0.15, 0.2) is 6.29 Å². The Labute approximate surface area is 228 Å². The molecular weight excluding hydrogens is 470 g/mol. The Morgan fingerprint density at radius 3 is 2.11 bits per heavy atom. The zero-order valence-electron chi connectivity index (χ0n) is 23.7. The van der Waals surface area contributed by atoms with Crippen molar-refractivity contribution in [2.75, 3.05) is 32.2 Å². The Morgan fingerprint density at radius 1 is 0.789 bits per heavy atom. The second-order valence-corrected chi connectivity index (χ2v) is 11.9. The minimum atomic E-state index is -0.201. The van der Waals surface area contributed by atoms with Crippen LogP contribution in [0.4, 0.5) is 5.69 Å². The summed E-state index contributed by atoms with van der Waals surface area (Å²) >= 11 is 0. The van der Waals surface area contributed by atoms with E-state index in [9.17, 15) is 0 Å². The maximum atomic E-state index is 6.22. The predicted molar refractivity (Wildman–Crippen MR) is 155 cm³/mol. The molecule has 2 aliphatic rings. The number of nitrogens with zero attached hydrogens (tertiary/aromatic N) is 1. The highest BCUT2D eigenvalue weighted by Crippen LogP contribution is 2.47. The fraction of sp³-hybridized carbons (Fsp3) is 0.471. The van der Waals surface area contributed by atoms with E-state index in [-0.39, 0.29) is 11.9 Å². The molecule has 3 aromatic carbocycles. The molecule has 0 bridgehead atoms. The Kier molecular flexibility index (Phi) is 8.11. The molecule has 4 heteroatoms. The van der Waals surface area contributed by atoms with Crippen molar-refractivity contribution in [3.8, 4) is 5.75 Å². The summed E-state index contributed by atoms with van der Waals surface area (Å²) in [5, 5.41) is 0. The van der Waals surface area contributed by atoms with Gasteiger partial charge in [0.1, 0.15) is 11.4 Å². The third kappa shape index (κ3) is 5.92. The molecule has 1 heterocycles. The molecule has 3 aromatic rings. The first-order valence-corrected chi connectivity index (χ1v) is 14.1. The van der Waals surface area contributed by atoms with E-state index in [1.807, 2.05) is 0 Å². The number of rotatable bonds is 7. The zero-order valence-corrected chi connectivity index (χ0v) is 23.7. The zero-order chi connectivity index (χ0) is 26.7. The maximum Gasteiger partial charge on any atom is 0.159 e. The van der Waals surface area contributed by atoms with E-state index in [1.165, 1.54) is 27.9 Å². The molecule has 38 heavy (non-hydrogen) atoms. The van der Waals surface area contributed by atoms with Crippen LogP contribution in [0.25, 0.3) is 0 Å². The molecule has 2 unspecified atom stereocenters. The Bertz CT molecular complexity index is 1170. The van der Waals surface area contributed by atoms with E-state index in [4.69, 9.17) is 14.2 Å². The van der Waals surface area contributed by atoms with Crippen LogP contribution in [-0.2, 0) is 15.9 Å². The SMILES string of the molecule is COC(OC)C1CCN(c2ccc(C3c4ccc(OC(C)(C)C)cc4CCC3c3ccccc3)cc2)CC1. The van der Waals surface area contributed by atoms with E-state index in [0.29, 0.717) is 17.8 Å². The number of ether oxygens (including phenoxy) is 3. The Hall–Kier alpha value is -2.82. The molecule has 1 aliphatic heterocycles. The Morgan fingerprint density at radius 2 is 1.47 bits per heavy atom. The van der Waals surface area contributed by atoms with Gasteiger partial charge in [0.05, 0.1) is 0 Å². The van der Waals surface area contributed by atoms with E-state index in [2.05, 4.69) is 98.5 Å². The van der Waals surface area contributed by atoms with Crippen LogP contribution in [0.5, 0.6) is 5.75 Å². The van der Waals surface area contributed by atoms with E-state index >= 15 is 0 Å². The normalized spacial score (nSPS) is 20.4. The molecule has 5 rings (SSSR count). The summed E-state index contributed by atoms with van der Waals surface area (Å²) in [5.41, 5.74) is 6.77. The highest BCUT2D eigenvalue weighted by Gasteiger charge is 2.33. The van der Waals surface area contributed by atoms with Crippen molar-refractivity contribution in [3.63, 3.8) is 0 Å². The van der Waals surface area contributed by atoms with Crippen molar-refractivity contribution in [2.24, 2.45) is 5.92 Å². The van der Waals surface area contributed by atoms with Crippen LogP contribution in [0, 0.1) is 5.92 Å². The molecule has 1 saturated heterocycles. The standard InChI is InChI=1S/C34H43NO3/c1-34(2,3)38-29-16-18-31-27(23-29)13-17-30(24-9-7-6-8-10-24)32(31)25-11-14-28(15-12-25)35-21-19-26(20-22-35)33(36-4)37-5/h6-12,14-16,18,23,26,30,32-33H,13,17,19-22H2,1-5H3. The van der Waals surface area contributed by atoms with Gasteiger partial charge in [-0.25, -0.2) is 0 Å². The van der Waals surface area contributed by atoms with E-state index in [0.717, 1.165) is 44.5 Å². The smallest absolute Gasteiger partial charge is 0.159 e. The van der Waals surface area contributed by atoms with Crippen LogP contribution >= 0.6 is 0 Å². The van der Waals surface area contributed by atoms with Gasteiger partial charge >= 0.3 is 0 Å². The van der Waals surface area contributed by atoms with E-state index in [1.54, 1.807) is 14.2 Å². The first-order chi connectivity index (χ1) is 18.4. The number of hydrogen-bond donors (Lipinski definition) is 0. The van der Waals surface area contributed by atoms with Crippen LogP contribution in [0.3, 0.4) is 0 Å². The average molecular weight is 514 g/mol. The molecule has 2 atom stereocenters. The van der Waals surface area contributed by atoms with Gasteiger partial charge in [-0.05, 0) is 98.9 Å². The molecule has 1 fully saturated rings. The summed E-state index contributed by atoms with van der Waals surface area (Å²) in [6, 6.07) is 27.2. The van der Waals surface area contributed by atoms with Gasteiger partial charge < -0.3 is 19.1 Å². The van der Waals surface area contributed by atoms with Crippen LogP contribution in [0.15, 0.2) is 72.8 Å². The molecular formula is C34H43NO3. The summed E-state index contributed by atoms with van der Waals surface area (Å²) < 4.78 is 17.3. The number of anilines is 1. The van der Waals surface area contributed by atoms with Gasteiger partial charge in [0.25, 0.3) is 0 Å². The van der Waals surface area contributed by atoms with Gasteiger partial charge in [-0.15, -0.1) is 0 Å². The lowest BCUT2D eigenvalue weighted by Crippen LogP contribution is -2.39. The molecule has 1 aliphatic carbocycles. The number of hydrogen-bond acceptors (Lipinski definition) is 4. The van der Waals surface area contributed by atoms with Crippen LogP contribution in [-0.4, -0.2) is 39.2 Å². The minimum Gasteiger partial charge on any atom is -0.488 e. The number of benzene rings is 3. The summed E-state index contributed by atoms with van der Waals surface area (Å²) in [6.45, 7) is 8.39. The number of methoxy groups -OCH3 is 2. The highest BCUT2D eigenvalue weighted by atomic mass is 16.7. The van der Waals surface area contributed by atoms with Gasteiger partial charge in [0.2, 0.25) is 0 Å². The average Bonchev–Trinajstić information content (AvgIpc) is 2.93. The third-order valence-electron chi connectivity index (χ3n) is 8.23. The second-order valence-electron chi connectivity index (χ2n) is 11.9. The lowest BCUT2D eigenvalue weighted by atomic mass is 9.69. The minimum absolute atomic E-state index is 0.102. The van der Waals surface area contributed by atoms with Gasteiger partial charge in [-0.3, -0.25) is 0 Å². The number of aryl methyl sites for hydroxylation is 1. The van der Waals surface area contributed by atoms with Crippen molar-refractivity contribution in [2.45, 2.75) is 70.2 Å². The van der Waals surface area contributed by atoms with Crippen LogP contribution < -0.4 is 9.64 Å². The van der Waals surface area contributed by atoms with Crippen molar-refractivity contribution < 1.29 is 14.2 Å². The summed E-state index contributed by atoms with van der Waals surface area (Å²) in [5.74, 6) is 2.21. The molecule has 0 spiro atoms. The second kappa shape index (κ2) is 11.5. The van der Waals surface area contributed by atoms with Crippen molar-refractivity contribution in [1.82, 2.24) is 0 Å². The topological polar surface area (TPSA) is 30.9 Å². The number of fused-ring (bicyclic) bond motifs is 1. The van der Waals surface area contributed by atoms with Crippen molar-refractivity contribution in [1.29, 1.82) is 0 Å². The van der Waals surface area contributed by atoms with Crippen molar-refractivity contribution >= 4 is 5.69 Å². The monoisotopic (exact) mass is 513 g/mol. The number of piperidine rings is 1. The molecule has 0 saturated carbocycles. The predicted octanol–water partition coefficient (Wildman–Crippen LogP) is 7.56. The third-order valence-corrected chi connectivity index (χ3v) is 8.23. The van der Waals surface area contributed by atoms with Crippen LogP contribution in [0.2, 0.25) is 0 Å². The molecule has 4 nitrogen and oxygen atoms in total. The molecule has 0 radical (unpaired) electrons. The van der Waals surface area contributed by atoms with Gasteiger partial charge in [0, 0.05) is 44.8 Å². The van der Waals surface area contributed by atoms with Gasteiger partial charge in [-0.1, -0.05) is 48.5 Å². The Balaban J connectivity index is 1.41. The lowest BCUT2D eigenvalue weighted by Gasteiger charge is -2.37. The van der Waals surface area contributed by atoms with Gasteiger partial charge in [-0.2, -0.15) is 0 Å².